The van der Waals surface area contributed by atoms with E-state index in [1.54, 1.807) is 12.1 Å². The molecule has 1 amide bonds. The Bertz CT molecular complexity index is 844. The van der Waals surface area contributed by atoms with Gasteiger partial charge in [-0.1, -0.05) is 17.7 Å². The van der Waals surface area contributed by atoms with Gasteiger partial charge in [-0.3, -0.25) is 4.79 Å². The lowest BCUT2D eigenvalue weighted by atomic mass is 10.2. The second-order valence-corrected chi connectivity index (χ2v) is 7.61. The number of carbonyl (C=O) groups excluding carboxylic acids is 1. The van der Waals surface area contributed by atoms with Gasteiger partial charge in [0, 0.05) is 18.2 Å². The van der Waals surface area contributed by atoms with Gasteiger partial charge < -0.3 is 14.8 Å². The standard InChI is InChI=1S/C18H21NO5S/c1-13-4-6-14(7-5-13)19-18(20)10-11-25(21,22)15-8-9-16(23-2)17(12-15)24-3/h4-9,12H,10-11H2,1-3H3,(H,19,20). The molecular formula is C18H21NO5S. The van der Waals surface area contributed by atoms with Crippen molar-refractivity contribution in [3.05, 3.63) is 48.0 Å². The average molecular weight is 363 g/mol. The van der Waals surface area contributed by atoms with Crippen molar-refractivity contribution in [2.75, 3.05) is 25.3 Å². The summed E-state index contributed by atoms with van der Waals surface area (Å²) in [5.74, 6) is 0.124. The van der Waals surface area contributed by atoms with Gasteiger partial charge >= 0.3 is 0 Å². The van der Waals surface area contributed by atoms with Crippen molar-refractivity contribution >= 4 is 21.4 Å². The van der Waals surface area contributed by atoms with Crippen LogP contribution in [0.3, 0.4) is 0 Å². The number of nitrogens with one attached hydrogen (secondary N) is 1. The van der Waals surface area contributed by atoms with Gasteiger partial charge in [0.1, 0.15) is 0 Å². The maximum atomic E-state index is 12.4. The SMILES string of the molecule is COc1ccc(S(=O)(=O)CCC(=O)Nc2ccc(C)cc2)cc1OC. The molecule has 0 fully saturated rings. The van der Waals surface area contributed by atoms with Crippen LogP contribution in [0.15, 0.2) is 47.4 Å². The van der Waals surface area contributed by atoms with Crippen molar-refractivity contribution in [2.24, 2.45) is 0 Å². The predicted molar refractivity (Wildman–Crippen MR) is 96.0 cm³/mol. The van der Waals surface area contributed by atoms with E-state index in [1.807, 2.05) is 19.1 Å². The van der Waals surface area contributed by atoms with Gasteiger partial charge in [0.15, 0.2) is 21.3 Å². The largest absolute Gasteiger partial charge is 0.493 e. The van der Waals surface area contributed by atoms with E-state index in [4.69, 9.17) is 9.47 Å². The highest BCUT2D eigenvalue weighted by molar-refractivity contribution is 7.91. The van der Waals surface area contributed by atoms with Gasteiger partial charge in [-0.05, 0) is 31.2 Å². The van der Waals surface area contributed by atoms with Crippen LogP contribution >= 0.6 is 0 Å². The summed E-state index contributed by atoms with van der Waals surface area (Å²) >= 11 is 0. The van der Waals surface area contributed by atoms with Crippen molar-refractivity contribution < 1.29 is 22.7 Å². The maximum Gasteiger partial charge on any atom is 0.225 e. The minimum Gasteiger partial charge on any atom is -0.493 e. The molecule has 0 heterocycles. The fourth-order valence-corrected chi connectivity index (χ4v) is 3.47. The number of sulfone groups is 1. The molecule has 0 radical (unpaired) electrons. The van der Waals surface area contributed by atoms with E-state index in [0.717, 1.165) is 5.56 Å². The van der Waals surface area contributed by atoms with Gasteiger partial charge in [-0.25, -0.2) is 8.42 Å². The van der Waals surface area contributed by atoms with Crippen LogP contribution in [0.1, 0.15) is 12.0 Å². The molecule has 6 nitrogen and oxygen atoms in total. The minimum absolute atomic E-state index is 0.0910. The molecule has 0 aromatic heterocycles. The Hall–Kier alpha value is -2.54. The number of anilines is 1. The lowest BCUT2D eigenvalue weighted by Gasteiger charge is -2.10. The summed E-state index contributed by atoms with van der Waals surface area (Å²) in [7, 11) is -0.701. The van der Waals surface area contributed by atoms with Crippen molar-refractivity contribution in [2.45, 2.75) is 18.2 Å². The van der Waals surface area contributed by atoms with Gasteiger partial charge in [0.25, 0.3) is 0 Å². The Kier molecular flexibility index (Phi) is 6.03. The Morgan fingerprint density at radius 3 is 2.24 bits per heavy atom. The summed E-state index contributed by atoms with van der Waals surface area (Å²) in [4.78, 5) is 12.1. The van der Waals surface area contributed by atoms with Crippen LogP contribution in [-0.2, 0) is 14.6 Å². The molecule has 134 valence electrons. The summed E-state index contributed by atoms with van der Waals surface area (Å²) in [6, 6.07) is 11.6. The zero-order chi connectivity index (χ0) is 18.4. The third-order valence-electron chi connectivity index (χ3n) is 3.65. The van der Waals surface area contributed by atoms with Crippen LogP contribution in [0.5, 0.6) is 11.5 Å². The fourth-order valence-electron chi connectivity index (χ4n) is 2.22. The van der Waals surface area contributed by atoms with Gasteiger partial charge in [0.05, 0.1) is 24.9 Å². The van der Waals surface area contributed by atoms with Crippen LogP contribution in [-0.4, -0.2) is 34.3 Å². The highest BCUT2D eigenvalue weighted by atomic mass is 32.2. The molecule has 0 aliphatic heterocycles. The predicted octanol–water partition coefficient (Wildman–Crippen LogP) is 2.81. The van der Waals surface area contributed by atoms with Crippen molar-refractivity contribution in [3.8, 4) is 11.5 Å². The van der Waals surface area contributed by atoms with Crippen LogP contribution in [0.2, 0.25) is 0 Å². The molecule has 0 saturated carbocycles. The monoisotopic (exact) mass is 363 g/mol. The van der Waals surface area contributed by atoms with E-state index in [2.05, 4.69) is 5.32 Å². The molecule has 0 aliphatic rings. The molecule has 0 aliphatic carbocycles. The van der Waals surface area contributed by atoms with Crippen molar-refractivity contribution in [1.82, 2.24) is 0 Å². The van der Waals surface area contributed by atoms with E-state index in [0.29, 0.717) is 17.2 Å². The van der Waals surface area contributed by atoms with E-state index < -0.39 is 9.84 Å². The van der Waals surface area contributed by atoms with Gasteiger partial charge in [-0.15, -0.1) is 0 Å². The number of hydrogen-bond acceptors (Lipinski definition) is 5. The number of rotatable bonds is 7. The molecular weight excluding hydrogens is 342 g/mol. The molecule has 0 saturated heterocycles. The number of hydrogen-bond donors (Lipinski definition) is 1. The molecule has 0 bridgehead atoms. The Labute approximate surface area is 147 Å². The summed E-state index contributed by atoms with van der Waals surface area (Å²) in [6.07, 6.45) is -0.134. The number of methoxy groups -OCH3 is 2. The summed E-state index contributed by atoms with van der Waals surface area (Å²) in [6.45, 7) is 1.95. The first kappa shape index (κ1) is 18.8. The van der Waals surface area contributed by atoms with Crippen molar-refractivity contribution in [3.63, 3.8) is 0 Å². The van der Waals surface area contributed by atoms with E-state index >= 15 is 0 Å². The number of carbonyl (C=O) groups is 1. The van der Waals surface area contributed by atoms with Crippen LogP contribution in [0.4, 0.5) is 5.69 Å². The Balaban J connectivity index is 2.03. The molecule has 25 heavy (non-hydrogen) atoms. The fraction of sp³-hybridized carbons (Fsp3) is 0.278. The lowest BCUT2D eigenvalue weighted by molar-refractivity contribution is -0.115. The quantitative estimate of drug-likeness (QED) is 0.818. The van der Waals surface area contributed by atoms with Crippen molar-refractivity contribution in [1.29, 1.82) is 0 Å². The summed E-state index contributed by atoms with van der Waals surface area (Å²) in [5.41, 5.74) is 1.72. The molecule has 0 spiro atoms. The average Bonchev–Trinajstić information content (AvgIpc) is 2.61. The van der Waals surface area contributed by atoms with Crippen LogP contribution in [0.25, 0.3) is 0 Å². The van der Waals surface area contributed by atoms with Gasteiger partial charge in [-0.2, -0.15) is 0 Å². The highest BCUT2D eigenvalue weighted by Gasteiger charge is 2.19. The van der Waals surface area contributed by atoms with Crippen LogP contribution in [0, 0.1) is 6.92 Å². The second kappa shape index (κ2) is 8.02. The van der Waals surface area contributed by atoms with Gasteiger partial charge in [0.2, 0.25) is 5.91 Å². The molecule has 0 unspecified atom stereocenters. The number of benzene rings is 2. The summed E-state index contributed by atoms with van der Waals surface area (Å²) in [5, 5.41) is 2.69. The third-order valence-corrected chi connectivity index (χ3v) is 5.36. The number of amides is 1. The smallest absolute Gasteiger partial charge is 0.225 e. The van der Waals surface area contributed by atoms with E-state index in [-0.39, 0.29) is 23.0 Å². The topological polar surface area (TPSA) is 81.7 Å². The minimum atomic E-state index is -3.61. The first-order valence-electron chi connectivity index (χ1n) is 7.67. The molecule has 2 aromatic carbocycles. The molecule has 2 rings (SSSR count). The normalized spacial score (nSPS) is 11.0. The summed E-state index contributed by atoms with van der Waals surface area (Å²) < 4.78 is 35.1. The van der Waals surface area contributed by atoms with E-state index in [1.165, 1.54) is 32.4 Å². The second-order valence-electron chi connectivity index (χ2n) is 5.50. The number of aryl methyl sites for hydroxylation is 1. The lowest BCUT2D eigenvalue weighted by Crippen LogP contribution is -2.17. The zero-order valence-electron chi connectivity index (χ0n) is 14.4. The van der Waals surface area contributed by atoms with Crippen LogP contribution < -0.4 is 14.8 Å². The molecule has 2 aromatic rings. The molecule has 1 N–H and O–H groups in total. The number of ether oxygens (including phenoxy) is 2. The maximum absolute atomic E-state index is 12.4. The first-order chi connectivity index (χ1) is 11.9. The zero-order valence-corrected chi connectivity index (χ0v) is 15.2. The highest BCUT2D eigenvalue weighted by Crippen LogP contribution is 2.29. The first-order valence-corrected chi connectivity index (χ1v) is 9.32. The molecule has 0 atom stereocenters. The third kappa shape index (κ3) is 4.96. The Morgan fingerprint density at radius 1 is 1.00 bits per heavy atom. The molecule has 7 heteroatoms. The van der Waals surface area contributed by atoms with E-state index in [9.17, 15) is 13.2 Å². The Morgan fingerprint density at radius 2 is 1.64 bits per heavy atom.